The highest BCUT2D eigenvalue weighted by Gasteiger charge is 2.28. The van der Waals surface area contributed by atoms with Gasteiger partial charge >= 0.3 is 6.03 Å². The van der Waals surface area contributed by atoms with Gasteiger partial charge in [-0.05, 0) is 43.7 Å². The summed E-state index contributed by atoms with van der Waals surface area (Å²) < 4.78 is 19.3. The van der Waals surface area contributed by atoms with Crippen LogP contribution < -0.4 is 11.1 Å². The van der Waals surface area contributed by atoms with Crippen LogP contribution in [0, 0.1) is 5.82 Å². The predicted octanol–water partition coefficient (Wildman–Crippen LogP) is 4.39. The first-order valence-corrected chi connectivity index (χ1v) is 10.1. The number of hydrogen-bond donors (Lipinski definition) is 2. The zero-order chi connectivity index (χ0) is 18.5. The number of halogens is 2. The summed E-state index contributed by atoms with van der Waals surface area (Å²) in [5, 5.41) is 11.7. The number of primary amides is 1. The Hall–Kier alpha value is -1.58. The SMILES string of the molecule is Fc1cccc(Br)c1C1CC1.NC(=O)Nc1nnc(C2CCOCC2)s1. The van der Waals surface area contributed by atoms with E-state index in [2.05, 4.69) is 31.4 Å². The fraction of sp³-hybridized carbons (Fsp3) is 0.471. The van der Waals surface area contributed by atoms with E-state index in [1.165, 1.54) is 17.4 Å². The number of rotatable bonds is 3. The molecule has 26 heavy (non-hydrogen) atoms. The Bertz CT molecular complexity index is 743. The van der Waals surface area contributed by atoms with Crippen molar-refractivity contribution < 1.29 is 13.9 Å². The molecule has 1 aliphatic heterocycles. The number of amides is 2. The van der Waals surface area contributed by atoms with Gasteiger partial charge in [-0.15, -0.1) is 10.2 Å². The second-order valence-electron chi connectivity index (χ2n) is 6.23. The van der Waals surface area contributed by atoms with E-state index in [4.69, 9.17) is 10.5 Å². The lowest BCUT2D eigenvalue weighted by molar-refractivity contribution is 0.0851. The molecule has 0 spiro atoms. The minimum atomic E-state index is -0.607. The zero-order valence-electron chi connectivity index (χ0n) is 14.1. The number of carbonyl (C=O) groups excluding carboxylic acids is 1. The second kappa shape index (κ2) is 8.88. The number of urea groups is 1. The number of nitrogens with zero attached hydrogens (tertiary/aromatic N) is 2. The molecule has 0 radical (unpaired) electrons. The van der Waals surface area contributed by atoms with Gasteiger partial charge in [0.05, 0.1) is 0 Å². The molecular weight excluding hydrogens is 423 g/mol. The number of hydrogen-bond acceptors (Lipinski definition) is 5. The summed E-state index contributed by atoms with van der Waals surface area (Å²) >= 11 is 4.73. The van der Waals surface area contributed by atoms with Gasteiger partial charge in [-0.1, -0.05) is 33.3 Å². The maximum atomic E-state index is 13.1. The molecular formula is C17H20BrFN4O2S. The van der Waals surface area contributed by atoms with Gasteiger partial charge < -0.3 is 10.5 Å². The van der Waals surface area contributed by atoms with Gasteiger partial charge in [0, 0.05) is 29.2 Å². The first kappa shape index (κ1) is 19.2. The highest BCUT2D eigenvalue weighted by molar-refractivity contribution is 9.10. The number of nitrogens with one attached hydrogen (secondary N) is 1. The molecule has 3 N–H and O–H groups in total. The van der Waals surface area contributed by atoms with Crippen LogP contribution in [0.4, 0.5) is 14.3 Å². The number of carbonyl (C=O) groups is 1. The minimum Gasteiger partial charge on any atom is -0.381 e. The average molecular weight is 443 g/mol. The van der Waals surface area contributed by atoms with Gasteiger partial charge in [0.1, 0.15) is 10.8 Å². The third-order valence-electron chi connectivity index (χ3n) is 4.23. The van der Waals surface area contributed by atoms with Crippen LogP contribution >= 0.6 is 27.3 Å². The average Bonchev–Trinajstić information content (AvgIpc) is 3.34. The molecule has 9 heteroatoms. The largest absolute Gasteiger partial charge is 0.381 e. The lowest BCUT2D eigenvalue weighted by Gasteiger charge is -2.18. The Balaban J connectivity index is 0.000000158. The molecule has 1 aromatic heterocycles. The number of aromatic nitrogens is 2. The van der Waals surface area contributed by atoms with Crippen LogP contribution in [0.15, 0.2) is 22.7 Å². The van der Waals surface area contributed by atoms with Crippen molar-refractivity contribution in [1.29, 1.82) is 0 Å². The van der Waals surface area contributed by atoms with Crippen molar-refractivity contribution in [3.05, 3.63) is 39.1 Å². The Morgan fingerprint density at radius 1 is 1.23 bits per heavy atom. The van der Waals surface area contributed by atoms with Gasteiger partial charge in [-0.3, -0.25) is 5.32 Å². The van der Waals surface area contributed by atoms with Crippen LogP contribution in [0.25, 0.3) is 0 Å². The van der Waals surface area contributed by atoms with Crippen molar-refractivity contribution in [3.8, 4) is 0 Å². The van der Waals surface area contributed by atoms with Crippen LogP contribution in [-0.2, 0) is 4.74 Å². The molecule has 1 aliphatic carbocycles. The Kier molecular flexibility index (Phi) is 6.55. The maximum Gasteiger partial charge on any atom is 0.318 e. The smallest absolute Gasteiger partial charge is 0.318 e. The summed E-state index contributed by atoms with van der Waals surface area (Å²) in [6.07, 6.45) is 4.20. The van der Waals surface area contributed by atoms with E-state index in [9.17, 15) is 9.18 Å². The molecule has 1 saturated heterocycles. The van der Waals surface area contributed by atoms with Gasteiger partial charge in [0.25, 0.3) is 0 Å². The Morgan fingerprint density at radius 3 is 2.58 bits per heavy atom. The zero-order valence-corrected chi connectivity index (χ0v) is 16.5. The van der Waals surface area contributed by atoms with Crippen molar-refractivity contribution in [2.24, 2.45) is 5.73 Å². The van der Waals surface area contributed by atoms with Crippen molar-refractivity contribution >= 4 is 38.4 Å². The summed E-state index contributed by atoms with van der Waals surface area (Å²) in [5.74, 6) is 0.812. The van der Waals surface area contributed by atoms with Crippen LogP contribution in [0.2, 0.25) is 0 Å². The topological polar surface area (TPSA) is 90.1 Å². The fourth-order valence-electron chi connectivity index (χ4n) is 2.77. The van der Waals surface area contributed by atoms with E-state index in [1.54, 1.807) is 6.07 Å². The molecule has 2 fully saturated rings. The summed E-state index contributed by atoms with van der Waals surface area (Å²) in [6.45, 7) is 1.53. The number of ether oxygens (including phenoxy) is 1. The molecule has 0 unspecified atom stereocenters. The van der Waals surface area contributed by atoms with E-state index in [-0.39, 0.29) is 5.82 Å². The third kappa shape index (κ3) is 5.21. The first-order valence-electron chi connectivity index (χ1n) is 8.46. The molecule has 0 bridgehead atoms. The summed E-state index contributed by atoms with van der Waals surface area (Å²) in [6, 6.07) is 4.55. The molecule has 140 valence electrons. The summed E-state index contributed by atoms with van der Waals surface area (Å²) in [5.41, 5.74) is 5.85. The number of nitrogens with two attached hydrogens (primary N) is 1. The molecule has 2 amide bonds. The Morgan fingerprint density at radius 2 is 1.96 bits per heavy atom. The van der Waals surface area contributed by atoms with Crippen molar-refractivity contribution in [3.63, 3.8) is 0 Å². The maximum absolute atomic E-state index is 13.1. The molecule has 6 nitrogen and oxygen atoms in total. The first-order chi connectivity index (χ1) is 12.5. The van der Waals surface area contributed by atoms with Crippen molar-refractivity contribution in [1.82, 2.24) is 10.2 Å². The Labute approximate surface area is 163 Å². The van der Waals surface area contributed by atoms with E-state index in [0.29, 0.717) is 17.0 Å². The van der Waals surface area contributed by atoms with Gasteiger partial charge in [-0.2, -0.15) is 0 Å². The monoisotopic (exact) mass is 442 g/mol. The summed E-state index contributed by atoms with van der Waals surface area (Å²) in [7, 11) is 0. The lowest BCUT2D eigenvalue weighted by atomic mass is 10.0. The lowest BCUT2D eigenvalue weighted by Crippen LogP contribution is -2.19. The quantitative estimate of drug-likeness (QED) is 0.737. The highest BCUT2D eigenvalue weighted by Crippen LogP contribution is 2.44. The van der Waals surface area contributed by atoms with E-state index >= 15 is 0 Å². The third-order valence-corrected chi connectivity index (χ3v) is 5.92. The summed E-state index contributed by atoms with van der Waals surface area (Å²) in [4.78, 5) is 10.6. The minimum absolute atomic E-state index is 0.0677. The van der Waals surface area contributed by atoms with Gasteiger partial charge in [0.15, 0.2) is 0 Å². The molecule has 2 heterocycles. The number of benzene rings is 1. The molecule has 2 aromatic rings. The van der Waals surface area contributed by atoms with Crippen LogP contribution in [0.3, 0.4) is 0 Å². The standard InChI is InChI=1S/C9H8BrF.C8H12N4O2S/c10-7-2-1-3-8(11)9(7)6-4-5-6;9-7(13)10-8-12-11-6(15-8)5-1-3-14-4-2-5/h1-3,6H,4-5H2;5H,1-4H2,(H3,9,10,12,13). The molecule has 1 saturated carbocycles. The van der Waals surface area contributed by atoms with Gasteiger partial charge in [0.2, 0.25) is 5.13 Å². The van der Waals surface area contributed by atoms with Crippen LogP contribution in [0.1, 0.15) is 48.1 Å². The van der Waals surface area contributed by atoms with Gasteiger partial charge in [-0.25, -0.2) is 9.18 Å². The predicted molar refractivity (Wildman–Crippen MR) is 102 cm³/mol. The molecule has 1 aromatic carbocycles. The molecule has 0 atom stereocenters. The van der Waals surface area contributed by atoms with E-state index in [1.807, 2.05) is 6.07 Å². The molecule has 4 rings (SSSR count). The van der Waals surface area contributed by atoms with E-state index in [0.717, 1.165) is 53.9 Å². The van der Waals surface area contributed by atoms with Crippen LogP contribution in [0.5, 0.6) is 0 Å². The number of anilines is 1. The second-order valence-corrected chi connectivity index (χ2v) is 8.09. The van der Waals surface area contributed by atoms with Crippen molar-refractivity contribution in [2.75, 3.05) is 18.5 Å². The fourth-order valence-corrected chi connectivity index (χ4v) is 4.35. The molecule has 2 aliphatic rings. The highest BCUT2D eigenvalue weighted by atomic mass is 79.9. The van der Waals surface area contributed by atoms with Crippen molar-refractivity contribution in [2.45, 2.75) is 37.5 Å². The van der Waals surface area contributed by atoms with Crippen LogP contribution in [-0.4, -0.2) is 29.4 Å². The normalized spacial score (nSPS) is 17.3. The van der Waals surface area contributed by atoms with E-state index < -0.39 is 6.03 Å².